The van der Waals surface area contributed by atoms with E-state index in [1.165, 1.54) is 24.4 Å². The zero-order valence-electron chi connectivity index (χ0n) is 11.8. The molecule has 0 aliphatic carbocycles. The number of halogens is 1. The van der Waals surface area contributed by atoms with Gasteiger partial charge in [0.1, 0.15) is 5.82 Å². The van der Waals surface area contributed by atoms with Gasteiger partial charge in [-0.3, -0.25) is 0 Å². The molecule has 1 aromatic carbocycles. The van der Waals surface area contributed by atoms with Crippen molar-refractivity contribution >= 4 is 23.2 Å². The highest BCUT2D eigenvalue weighted by Gasteiger charge is 2.17. The third-order valence-corrected chi connectivity index (χ3v) is 2.98. The SMILES string of the molecule is CCOC(=O)c1ccnc(N(C)c2cccc(F)c2)c1N. The zero-order chi connectivity index (χ0) is 15.4. The smallest absolute Gasteiger partial charge is 0.340 e. The van der Waals surface area contributed by atoms with Crippen LogP contribution in [0.1, 0.15) is 17.3 Å². The molecule has 2 N–H and O–H groups in total. The maximum absolute atomic E-state index is 13.3. The van der Waals surface area contributed by atoms with Crippen molar-refractivity contribution in [3.05, 3.63) is 47.9 Å². The Balaban J connectivity index is 2.40. The Morgan fingerprint density at radius 1 is 1.43 bits per heavy atom. The van der Waals surface area contributed by atoms with E-state index in [9.17, 15) is 9.18 Å². The standard InChI is InChI=1S/C15H16FN3O2/c1-3-21-15(20)12-7-8-18-14(13(12)17)19(2)11-6-4-5-10(16)9-11/h4-9H,3,17H2,1-2H3. The lowest BCUT2D eigenvalue weighted by atomic mass is 10.2. The normalized spacial score (nSPS) is 10.2. The van der Waals surface area contributed by atoms with Crippen LogP contribution in [0, 0.1) is 5.82 Å². The lowest BCUT2D eigenvalue weighted by Crippen LogP contribution is -2.16. The summed E-state index contributed by atoms with van der Waals surface area (Å²) in [6.07, 6.45) is 1.47. The van der Waals surface area contributed by atoms with Gasteiger partial charge in [-0.15, -0.1) is 0 Å². The fraction of sp³-hybridized carbons (Fsp3) is 0.200. The summed E-state index contributed by atoms with van der Waals surface area (Å²) in [5.41, 5.74) is 7.01. The first kappa shape index (κ1) is 14.8. The molecule has 0 unspecified atom stereocenters. The molecule has 6 heteroatoms. The van der Waals surface area contributed by atoms with E-state index < -0.39 is 5.97 Å². The van der Waals surface area contributed by atoms with Gasteiger partial charge in [0.25, 0.3) is 0 Å². The second kappa shape index (κ2) is 6.21. The molecule has 0 spiro atoms. The quantitative estimate of drug-likeness (QED) is 0.876. The summed E-state index contributed by atoms with van der Waals surface area (Å²) >= 11 is 0. The molecule has 0 fully saturated rings. The summed E-state index contributed by atoms with van der Waals surface area (Å²) in [6, 6.07) is 7.52. The van der Waals surface area contributed by atoms with Crippen molar-refractivity contribution in [2.75, 3.05) is 24.3 Å². The summed E-state index contributed by atoms with van der Waals surface area (Å²) in [5, 5.41) is 0. The Kier molecular flexibility index (Phi) is 4.37. The minimum Gasteiger partial charge on any atom is -0.462 e. The van der Waals surface area contributed by atoms with Crippen molar-refractivity contribution in [2.45, 2.75) is 6.92 Å². The fourth-order valence-electron chi connectivity index (χ4n) is 1.92. The van der Waals surface area contributed by atoms with Gasteiger partial charge in [-0.2, -0.15) is 0 Å². The summed E-state index contributed by atoms with van der Waals surface area (Å²) in [5.74, 6) is -0.503. The van der Waals surface area contributed by atoms with Crippen LogP contribution < -0.4 is 10.6 Å². The molecule has 110 valence electrons. The van der Waals surface area contributed by atoms with Crippen molar-refractivity contribution < 1.29 is 13.9 Å². The van der Waals surface area contributed by atoms with Gasteiger partial charge in [0.05, 0.1) is 17.9 Å². The molecule has 5 nitrogen and oxygen atoms in total. The number of nitrogens with two attached hydrogens (primary N) is 1. The van der Waals surface area contributed by atoms with E-state index >= 15 is 0 Å². The fourth-order valence-corrected chi connectivity index (χ4v) is 1.92. The Hall–Kier alpha value is -2.63. The molecule has 0 atom stereocenters. The van der Waals surface area contributed by atoms with Gasteiger partial charge in [-0.1, -0.05) is 6.07 Å². The van der Waals surface area contributed by atoms with Gasteiger partial charge in [-0.05, 0) is 31.2 Å². The van der Waals surface area contributed by atoms with Crippen molar-refractivity contribution in [1.29, 1.82) is 0 Å². The Labute approximate surface area is 122 Å². The summed E-state index contributed by atoms with van der Waals surface area (Å²) in [6.45, 7) is 1.98. The van der Waals surface area contributed by atoms with E-state index in [4.69, 9.17) is 10.5 Å². The number of benzene rings is 1. The number of pyridine rings is 1. The van der Waals surface area contributed by atoms with E-state index in [2.05, 4.69) is 4.98 Å². The summed E-state index contributed by atoms with van der Waals surface area (Å²) < 4.78 is 18.2. The molecule has 0 radical (unpaired) electrons. The largest absolute Gasteiger partial charge is 0.462 e. The van der Waals surface area contributed by atoms with Crippen molar-refractivity contribution in [3.8, 4) is 0 Å². The first-order valence-electron chi connectivity index (χ1n) is 6.45. The van der Waals surface area contributed by atoms with Gasteiger partial charge >= 0.3 is 5.97 Å². The molecular formula is C15H16FN3O2. The molecule has 0 saturated carbocycles. The third kappa shape index (κ3) is 3.10. The van der Waals surface area contributed by atoms with Crippen LogP contribution >= 0.6 is 0 Å². The highest BCUT2D eigenvalue weighted by Crippen LogP contribution is 2.29. The molecule has 0 amide bonds. The van der Waals surface area contributed by atoms with Crippen molar-refractivity contribution in [3.63, 3.8) is 0 Å². The number of anilines is 3. The second-order valence-corrected chi connectivity index (χ2v) is 4.36. The molecule has 2 rings (SSSR count). The van der Waals surface area contributed by atoms with Crippen LogP contribution in [-0.4, -0.2) is 24.6 Å². The van der Waals surface area contributed by atoms with Crippen LogP contribution in [0.5, 0.6) is 0 Å². The van der Waals surface area contributed by atoms with Crippen LogP contribution in [-0.2, 0) is 4.74 Å². The van der Waals surface area contributed by atoms with Gasteiger partial charge < -0.3 is 15.4 Å². The number of carbonyl (C=O) groups is 1. The van der Waals surface area contributed by atoms with Crippen LogP contribution in [0.2, 0.25) is 0 Å². The third-order valence-electron chi connectivity index (χ3n) is 2.98. The van der Waals surface area contributed by atoms with Crippen LogP contribution in [0.3, 0.4) is 0 Å². The number of rotatable bonds is 4. The average Bonchev–Trinajstić information content (AvgIpc) is 2.47. The molecule has 2 aromatic rings. The van der Waals surface area contributed by atoms with Crippen LogP contribution in [0.15, 0.2) is 36.5 Å². The minimum atomic E-state index is -0.508. The number of nitrogen functional groups attached to an aromatic ring is 1. The first-order valence-corrected chi connectivity index (χ1v) is 6.45. The Morgan fingerprint density at radius 2 is 2.19 bits per heavy atom. The molecule has 0 bridgehead atoms. The van der Waals surface area contributed by atoms with E-state index in [1.54, 1.807) is 31.0 Å². The lowest BCUT2D eigenvalue weighted by molar-refractivity contribution is 0.0527. The number of hydrogen-bond donors (Lipinski definition) is 1. The lowest BCUT2D eigenvalue weighted by Gasteiger charge is -2.21. The van der Waals surface area contributed by atoms with Gasteiger partial charge in [-0.25, -0.2) is 14.2 Å². The number of carbonyl (C=O) groups excluding carboxylic acids is 1. The topological polar surface area (TPSA) is 68.5 Å². The van der Waals surface area contributed by atoms with Gasteiger partial charge in [0.15, 0.2) is 5.82 Å². The Bertz CT molecular complexity index is 661. The van der Waals surface area contributed by atoms with E-state index in [0.29, 0.717) is 11.5 Å². The average molecular weight is 289 g/mol. The molecular weight excluding hydrogens is 273 g/mol. The highest BCUT2D eigenvalue weighted by atomic mass is 19.1. The number of esters is 1. The number of aromatic nitrogens is 1. The molecule has 0 saturated heterocycles. The van der Waals surface area contributed by atoms with Gasteiger partial charge in [0, 0.05) is 18.9 Å². The molecule has 21 heavy (non-hydrogen) atoms. The molecule has 1 heterocycles. The zero-order valence-corrected chi connectivity index (χ0v) is 11.8. The minimum absolute atomic E-state index is 0.197. The number of hydrogen-bond acceptors (Lipinski definition) is 5. The molecule has 1 aromatic heterocycles. The van der Waals surface area contributed by atoms with E-state index in [-0.39, 0.29) is 23.7 Å². The van der Waals surface area contributed by atoms with Crippen molar-refractivity contribution in [2.24, 2.45) is 0 Å². The maximum Gasteiger partial charge on any atom is 0.340 e. The number of ether oxygens (including phenoxy) is 1. The predicted molar refractivity (Wildman–Crippen MR) is 79.1 cm³/mol. The maximum atomic E-state index is 13.3. The summed E-state index contributed by atoms with van der Waals surface area (Å²) in [7, 11) is 1.70. The van der Waals surface area contributed by atoms with Gasteiger partial charge in [0.2, 0.25) is 0 Å². The first-order chi connectivity index (χ1) is 10.0. The van der Waals surface area contributed by atoms with Crippen LogP contribution in [0.4, 0.5) is 21.6 Å². The monoisotopic (exact) mass is 289 g/mol. The van der Waals surface area contributed by atoms with E-state index in [0.717, 1.165) is 0 Å². The van der Waals surface area contributed by atoms with Crippen LogP contribution in [0.25, 0.3) is 0 Å². The molecule has 0 aliphatic heterocycles. The molecule has 0 aliphatic rings. The predicted octanol–water partition coefficient (Wildman–Crippen LogP) is 2.75. The highest BCUT2D eigenvalue weighted by molar-refractivity contribution is 5.98. The Morgan fingerprint density at radius 3 is 2.86 bits per heavy atom. The summed E-state index contributed by atoms with van der Waals surface area (Å²) in [4.78, 5) is 17.6. The van der Waals surface area contributed by atoms with Crippen molar-refractivity contribution in [1.82, 2.24) is 4.98 Å². The van der Waals surface area contributed by atoms with E-state index in [1.807, 2.05) is 0 Å². The second-order valence-electron chi connectivity index (χ2n) is 4.36. The number of nitrogens with zero attached hydrogens (tertiary/aromatic N) is 2.